The minimum absolute atomic E-state index is 0.00212. The van der Waals surface area contributed by atoms with Gasteiger partial charge in [-0.05, 0) is 24.5 Å². The predicted molar refractivity (Wildman–Crippen MR) is 62.0 cm³/mol. The number of amides is 1. The lowest BCUT2D eigenvalue weighted by Crippen LogP contribution is -2.39. The predicted octanol–water partition coefficient (Wildman–Crippen LogP) is 1.22. The summed E-state index contributed by atoms with van der Waals surface area (Å²) in [5.74, 6) is 0.160. The van der Waals surface area contributed by atoms with Crippen LogP contribution in [-0.4, -0.2) is 28.6 Å². The van der Waals surface area contributed by atoms with Crippen molar-refractivity contribution in [3.05, 3.63) is 30.1 Å². The third-order valence-corrected chi connectivity index (χ3v) is 2.49. The van der Waals surface area contributed by atoms with Crippen LogP contribution >= 0.6 is 0 Å². The Hall–Kier alpha value is -1.42. The summed E-state index contributed by atoms with van der Waals surface area (Å²) in [7, 11) is 0. The second-order valence-corrected chi connectivity index (χ2v) is 4.08. The number of hydrogen-bond donors (Lipinski definition) is 2. The molecule has 88 valence electrons. The van der Waals surface area contributed by atoms with Gasteiger partial charge in [0, 0.05) is 25.0 Å². The van der Waals surface area contributed by atoms with Gasteiger partial charge in [-0.3, -0.25) is 9.78 Å². The van der Waals surface area contributed by atoms with Gasteiger partial charge >= 0.3 is 0 Å². The summed E-state index contributed by atoms with van der Waals surface area (Å²) < 4.78 is 0. The Morgan fingerprint density at radius 2 is 2.31 bits per heavy atom. The summed E-state index contributed by atoms with van der Waals surface area (Å²) >= 11 is 0. The molecule has 4 heteroatoms. The van der Waals surface area contributed by atoms with Gasteiger partial charge in [0.25, 0.3) is 5.91 Å². The number of nitrogens with one attached hydrogen (secondary N) is 1. The number of rotatable bonds is 5. The molecule has 16 heavy (non-hydrogen) atoms. The van der Waals surface area contributed by atoms with E-state index in [0.29, 0.717) is 17.9 Å². The standard InChI is InChI=1S/C12H18N2O2/c1-9(2)11(5-7-15)14-12(16)10-4-3-6-13-8-10/h3-4,6,8-9,11,15H,5,7H2,1-2H3,(H,14,16). The van der Waals surface area contributed by atoms with Crippen molar-refractivity contribution in [1.82, 2.24) is 10.3 Å². The van der Waals surface area contributed by atoms with Gasteiger partial charge in [-0.15, -0.1) is 0 Å². The van der Waals surface area contributed by atoms with Crippen LogP contribution < -0.4 is 5.32 Å². The molecule has 1 amide bonds. The normalized spacial score (nSPS) is 12.5. The Bertz CT molecular complexity index is 325. The zero-order valence-corrected chi connectivity index (χ0v) is 9.68. The van der Waals surface area contributed by atoms with Crippen molar-refractivity contribution in [2.24, 2.45) is 5.92 Å². The van der Waals surface area contributed by atoms with Crippen molar-refractivity contribution in [3.8, 4) is 0 Å². The molecular formula is C12H18N2O2. The summed E-state index contributed by atoms with van der Waals surface area (Å²) in [6, 6.07) is 3.45. The average Bonchev–Trinajstić information content (AvgIpc) is 2.29. The van der Waals surface area contributed by atoms with Gasteiger partial charge in [-0.1, -0.05) is 13.8 Å². The Labute approximate surface area is 95.7 Å². The van der Waals surface area contributed by atoms with E-state index in [0.717, 1.165) is 0 Å². The number of nitrogens with zero attached hydrogens (tertiary/aromatic N) is 1. The second kappa shape index (κ2) is 6.23. The Kier molecular flexibility index (Phi) is 4.92. The first-order chi connectivity index (χ1) is 7.65. The van der Waals surface area contributed by atoms with Gasteiger partial charge in [0.15, 0.2) is 0 Å². The molecule has 0 aliphatic heterocycles. The molecule has 2 N–H and O–H groups in total. The summed E-state index contributed by atoms with van der Waals surface area (Å²) in [4.78, 5) is 15.7. The van der Waals surface area contributed by atoms with Crippen LogP contribution in [0.1, 0.15) is 30.6 Å². The molecule has 0 aliphatic carbocycles. The fourth-order valence-electron chi connectivity index (χ4n) is 1.46. The highest BCUT2D eigenvalue weighted by Crippen LogP contribution is 2.07. The third kappa shape index (κ3) is 3.62. The fraction of sp³-hybridized carbons (Fsp3) is 0.500. The van der Waals surface area contributed by atoms with Gasteiger partial charge in [0.05, 0.1) is 5.56 Å². The lowest BCUT2D eigenvalue weighted by molar-refractivity contribution is 0.0916. The van der Waals surface area contributed by atoms with E-state index in [1.54, 1.807) is 18.3 Å². The molecule has 0 spiro atoms. The molecule has 1 heterocycles. The smallest absolute Gasteiger partial charge is 0.253 e. The SMILES string of the molecule is CC(C)C(CCO)NC(=O)c1cccnc1. The van der Waals surface area contributed by atoms with Gasteiger partial charge in [0.1, 0.15) is 0 Å². The first-order valence-corrected chi connectivity index (χ1v) is 5.47. The summed E-state index contributed by atoms with van der Waals surface area (Å²) in [6.07, 6.45) is 3.74. The van der Waals surface area contributed by atoms with Crippen LogP contribution in [0.15, 0.2) is 24.5 Å². The van der Waals surface area contributed by atoms with Gasteiger partial charge < -0.3 is 10.4 Å². The maximum atomic E-state index is 11.8. The number of aliphatic hydroxyl groups excluding tert-OH is 1. The minimum Gasteiger partial charge on any atom is -0.396 e. The van der Waals surface area contributed by atoms with Crippen LogP contribution in [-0.2, 0) is 0 Å². The second-order valence-electron chi connectivity index (χ2n) is 4.08. The zero-order chi connectivity index (χ0) is 12.0. The van der Waals surface area contributed by atoms with Gasteiger partial charge in [-0.2, -0.15) is 0 Å². The summed E-state index contributed by atoms with van der Waals surface area (Å²) in [6.45, 7) is 4.11. The summed E-state index contributed by atoms with van der Waals surface area (Å²) in [5, 5.41) is 11.8. The van der Waals surface area contributed by atoms with Crippen molar-refractivity contribution < 1.29 is 9.90 Å². The number of aromatic nitrogens is 1. The molecule has 1 atom stereocenters. The monoisotopic (exact) mass is 222 g/mol. The van der Waals surface area contributed by atoms with Crippen LogP contribution in [0.4, 0.5) is 0 Å². The van der Waals surface area contributed by atoms with E-state index in [1.165, 1.54) is 6.20 Å². The molecule has 0 bridgehead atoms. The van der Waals surface area contributed by atoms with Crippen LogP contribution in [0.5, 0.6) is 0 Å². The van der Waals surface area contributed by atoms with Crippen molar-refractivity contribution in [2.45, 2.75) is 26.3 Å². The quantitative estimate of drug-likeness (QED) is 0.787. The minimum atomic E-state index is -0.139. The number of aliphatic hydroxyl groups is 1. The highest BCUT2D eigenvalue weighted by Gasteiger charge is 2.16. The molecule has 4 nitrogen and oxygen atoms in total. The van der Waals surface area contributed by atoms with Crippen LogP contribution in [0.3, 0.4) is 0 Å². The van der Waals surface area contributed by atoms with Crippen molar-refractivity contribution in [2.75, 3.05) is 6.61 Å². The van der Waals surface area contributed by atoms with E-state index in [-0.39, 0.29) is 18.6 Å². The lowest BCUT2D eigenvalue weighted by Gasteiger charge is -2.21. The van der Waals surface area contributed by atoms with Crippen molar-refractivity contribution in [1.29, 1.82) is 0 Å². The molecule has 0 saturated heterocycles. The first-order valence-electron chi connectivity index (χ1n) is 5.47. The maximum absolute atomic E-state index is 11.8. The molecular weight excluding hydrogens is 204 g/mol. The Morgan fingerprint density at radius 1 is 1.56 bits per heavy atom. The molecule has 1 rings (SSSR count). The number of carbonyl (C=O) groups is 1. The van der Waals surface area contributed by atoms with Crippen LogP contribution in [0.25, 0.3) is 0 Å². The number of carbonyl (C=O) groups excluding carboxylic acids is 1. The summed E-state index contributed by atoms with van der Waals surface area (Å²) in [5.41, 5.74) is 0.547. The van der Waals surface area contributed by atoms with Gasteiger partial charge in [0.2, 0.25) is 0 Å². The number of hydrogen-bond acceptors (Lipinski definition) is 3. The van der Waals surface area contributed by atoms with Crippen molar-refractivity contribution in [3.63, 3.8) is 0 Å². The van der Waals surface area contributed by atoms with Crippen LogP contribution in [0.2, 0.25) is 0 Å². The zero-order valence-electron chi connectivity index (χ0n) is 9.68. The highest BCUT2D eigenvalue weighted by molar-refractivity contribution is 5.94. The molecule has 0 saturated carbocycles. The van der Waals surface area contributed by atoms with Crippen molar-refractivity contribution >= 4 is 5.91 Å². The Balaban J connectivity index is 2.62. The fourth-order valence-corrected chi connectivity index (χ4v) is 1.46. The first kappa shape index (κ1) is 12.6. The van der Waals surface area contributed by atoms with Gasteiger partial charge in [-0.25, -0.2) is 0 Å². The molecule has 0 fully saturated rings. The topological polar surface area (TPSA) is 62.2 Å². The van der Waals surface area contributed by atoms with E-state index in [4.69, 9.17) is 5.11 Å². The molecule has 1 unspecified atom stereocenters. The third-order valence-electron chi connectivity index (χ3n) is 2.49. The highest BCUT2D eigenvalue weighted by atomic mass is 16.3. The molecule has 0 radical (unpaired) electrons. The lowest BCUT2D eigenvalue weighted by atomic mass is 10.0. The number of pyridine rings is 1. The molecule has 1 aromatic heterocycles. The van der Waals surface area contributed by atoms with E-state index in [9.17, 15) is 4.79 Å². The molecule has 1 aromatic rings. The largest absolute Gasteiger partial charge is 0.396 e. The molecule has 0 aromatic carbocycles. The maximum Gasteiger partial charge on any atom is 0.253 e. The van der Waals surface area contributed by atoms with E-state index in [1.807, 2.05) is 13.8 Å². The average molecular weight is 222 g/mol. The molecule has 0 aliphatic rings. The van der Waals surface area contributed by atoms with Crippen LogP contribution in [0, 0.1) is 5.92 Å². The van der Waals surface area contributed by atoms with E-state index in [2.05, 4.69) is 10.3 Å². The van der Waals surface area contributed by atoms with E-state index < -0.39 is 0 Å². The Morgan fingerprint density at radius 3 is 2.81 bits per heavy atom. The van der Waals surface area contributed by atoms with E-state index >= 15 is 0 Å².